The number of carbonyl (C=O) groups is 1. The lowest BCUT2D eigenvalue weighted by atomic mass is 9.94. The molecule has 2 N–H and O–H groups in total. The second-order valence-corrected chi connectivity index (χ2v) is 4.34. The summed E-state index contributed by atoms with van der Waals surface area (Å²) in [6, 6.07) is 2.25. The highest BCUT2D eigenvalue weighted by molar-refractivity contribution is 5.76. The van der Waals surface area contributed by atoms with Crippen LogP contribution in [0.1, 0.15) is 45.4 Å². The van der Waals surface area contributed by atoms with Gasteiger partial charge in [-0.3, -0.25) is 10.1 Å². The molecule has 4 heteroatoms. The Bertz CT molecular complexity index is 253. The van der Waals surface area contributed by atoms with Gasteiger partial charge in [0.25, 0.3) is 0 Å². The second kappa shape index (κ2) is 7.24. The lowest BCUT2D eigenvalue weighted by molar-refractivity contribution is -0.121. The van der Waals surface area contributed by atoms with Crippen molar-refractivity contribution in [2.24, 2.45) is 0 Å². The first-order valence-electron chi connectivity index (χ1n) is 6.18. The van der Waals surface area contributed by atoms with Crippen LogP contribution in [0, 0.1) is 11.3 Å². The minimum absolute atomic E-state index is 0.0441. The number of rotatable bonds is 5. The van der Waals surface area contributed by atoms with Gasteiger partial charge in [0.15, 0.2) is 0 Å². The zero-order chi connectivity index (χ0) is 11.8. The minimum atomic E-state index is -0.338. The molecule has 4 nitrogen and oxygen atoms in total. The minimum Gasteiger partial charge on any atom is -0.356 e. The van der Waals surface area contributed by atoms with Crippen LogP contribution in [-0.4, -0.2) is 24.5 Å². The van der Waals surface area contributed by atoms with Gasteiger partial charge >= 0.3 is 0 Å². The van der Waals surface area contributed by atoms with Crippen LogP contribution in [0.5, 0.6) is 0 Å². The summed E-state index contributed by atoms with van der Waals surface area (Å²) in [7, 11) is 0. The van der Waals surface area contributed by atoms with E-state index in [1.807, 2.05) is 6.92 Å². The molecule has 1 aliphatic rings. The molecule has 1 rings (SSSR count). The molecule has 1 saturated carbocycles. The van der Waals surface area contributed by atoms with Crippen molar-refractivity contribution < 1.29 is 4.79 Å². The molecule has 0 aromatic heterocycles. The number of nitrogens with zero attached hydrogens (tertiary/aromatic N) is 1. The van der Waals surface area contributed by atoms with Gasteiger partial charge in [-0.05, 0) is 19.8 Å². The molecular formula is C12H21N3O. The Kier molecular flexibility index (Phi) is 5.87. The van der Waals surface area contributed by atoms with Gasteiger partial charge in [0.1, 0.15) is 6.04 Å². The van der Waals surface area contributed by atoms with E-state index in [0.29, 0.717) is 12.6 Å². The van der Waals surface area contributed by atoms with Crippen molar-refractivity contribution in [3.8, 4) is 6.07 Å². The van der Waals surface area contributed by atoms with Crippen LogP contribution in [-0.2, 0) is 4.79 Å². The molecule has 0 saturated heterocycles. The van der Waals surface area contributed by atoms with Gasteiger partial charge in [-0.25, -0.2) is 0 Å². The molecule has 0 spiro atoms. The summed E-state index contributed by atoms with van der Waals surface area (Å²) in [6.45, 7) is 2.51. The molecule has 1 atom stereocenters. The fourth-order valence-electron chi connectivity index (χ4n) is 2.15. The molecule has 0 heterocycles. The first kappa shape index (κ1) is 13.0. The summed E-state index contributed by atoms with van der Waals surface area (Å²) in [5, 5.41) is 15.0. The Morgan fingerprint density at radius 2 is 2.12 bits per heavy atom. The normalized spacial score (nSPS) is 18.8. The summed E-state index contributed by atoms with van der Waals surface area (Å²) in [5.74, 6) is -0.0441. The fraction of sp³-hybridized carbons (Fsp3) is 0.833. The molecule has 0 aromatic rings. The molecule has 90 valence electrons. The number of hydrogen-bond acceptors (Lipinski definition) is 3. The summed E-state index contributed by atoms with van der Waals surface area (Å²) < 4.78 is 0. The Morgan fingerprint density at radius 3 is 2.69 bits per heavy atom. The van der Waals surface area contributed by atoms with Gasteiger partial charge in [0.05, 0.1) is 12.5 Å². The molecule has 0 aromatic carbocycles. The van der Waals surface area contributed by atoms with Crippen molar-refractivity contribution >= 4 is 5.91 Å². The molecule has 0 radical (unpaired) electrons. The Labute approximate surface area is 97.4 Å². The van der Waals surface area contributed by atoms with Crippen molar-refractivity contribution in [2.45, 2.75) is 57.5 Å². The predicted molar refractivity (Wildman–Crippen MR) is 62.7 cm³/mol. The van der Waals surface area contributed by atoms with E-state index in [0.717, 1.165) is 12.8 Å². The van der Waals surface area contributed by atoms with E-state index in [2.05, 4.69) is 16.7 Å². The third kappa shape index (κ3) is 4.63. The van der Waals surface area contributed by atoms with Gasteiger partial charge < -0.3 is 5.32 Å². The lowest BCUT2D eigenvalue weighted by Crippen LogP contribution is -2.41. The summed E-state index contributed by atoms with van der Waals surface area (Å²) in [5.41, 5.74) is 0. The van der Waals surface area contributed by atoms with E-state index in [1.54, 1.807) is 0 Å². The average molecular weight is 223 g/mol. The number of hydrogen-bond donors (Lipinski definition) is 2. The SMILES string of the molecule is CCNC(=O)CC(C#N)NC1CCCCC1. The summed E-state index contributed by atoms with van der Waals surface area (Å²) >= 11 is 0. The first-order valence-corrected chi connectivity index (χ1v) is 6.18. The molecule has 1 aliphatic carbocycles. The van der Waals surface area contributed by atoms with Crippen molar-refractivity contribution in [3.63, 3.8) is 0 Å². The highest BCUT2D eigenvalue weighted by atomic mass is 16.1. The molecule has 1 amide bonds. The quantitative estimate of drug-likeness (QED) is 0.739. The van der Waals surface area contributed by atoms with Crippen molar-refractivity contribution in [1.29, 1.82) is 5.26 Å². The highest BCUT2D eigenvalue weighted by Gasteiger charge is 2.19. The standard InChI is InChI=1S/C12H21N3O/c1-2-14-12(16)8-11(9-13)15-10-6-4-3-5-7-10/h10-11,15H,2-8H2,1H3,(H,14,16). The van der Waals surface area contributed by atoms with Gasteiger partial charge in [-0.1, -0.05) is 19.3 Å². The maximum atomic E-state index is 11.4. The van der Waals surface area contributed by atoms with E-state index in [4.69, 9.17) is 5.26 Å². The molecule has 0 bridgehead atoms. The van der Waals surface area contributed by atoms with E-state index in [1.165, 1.54) is 19.3 Å². The van der Waals surface area contributed by atoms with Gasteiger partial charge in [0, 0.05) is 12.6 Å². The van der Waals surface area contributed by atoms with Crippen LogP contribution in [0.4, 0.5) is 0 Å². The number of amides is 1. The molecule has 1 fully saturated rings. The van der Waals surface area contributed by atoms with Crippen LogP contribution in [0.3, 0.4) is 0 Å². The van der Waals surface area contributed by atoms with Crippen molar-refractivity contribution in [2.75, 3.05) is 6.54 Å². The predicted octanol–water partition coefficient (Wildman–Crippen LogP) is 1.33. The van der Waals surface area contributed by atoms with Gasteiger partial charge in [-0.2, -0.15) is 5.26 Å². The summed E-state index contributed by atoms with van der Waals surface area (Å²) in [4.78, 5) is 11.4. The number of nitrogens with one attached hydrogen (secondary N) is 2. The van der Waals surface area contributed by atoms with Crippen molar-refractivity contribution in [3.05, 3.63) is 0 Å². The molecule has 1 unspecified atom stereocenters. The lowest BCUT2D eigenvalue weighted by Gasteiger charge is -2.25. The largest absolute Gasteiger partial charge is 0.356 e. The van der Waals surface area contributed by atoms with Gasteiger partial charge in [0.2, 0.25) is 5.91 Å². The molecule has 0 aliphatic heterocycles. The third-order valence-corrected chi connectivity index (χ3v) is 2.96. The van der Waals surface area contributed by atoms with Crippen LogP contribution >= 0.6 is 0 Å². The smallest absolute Gasteiger partial charge is 0.222 e. The zero-order valence-electron chi connectivity index (χ0n) is 9.96. The van der Waals surface area contributed by atoms with Crippen LogP contribution in [0.25, 0.3) is 0 Å². The maximum Gasteiger partial charge on any atom is 0.222 e. The van der Waals surface area contributed by atoms with Crippen LogP contribution in [0.2, 0.25) is 0 Å². The maximum absolute atomic E-state index is 11.4. The zero-order valence-corrected chi connectivity index (χ0v) is 9.96. The molecular weight excluding hydrogens is 202 g/mol. The first-order chi connectivity index (χ1) is 7.76. The van der Waals surface area contributed by atoms with E-state index < -0.39 is 0 Å². The highest BCUT2D eigenvalue weighted by Crippen LogP contribution is 2.18. The van der Waals surface area contributed by atoms with Gasteiger partial charge in [-0.15, -0.1) is 0 Å². The topological polar surface area (TPSA) is 64.9 Å². The Balaban J connectivity index is 2.30. The van der Waals surface area contributed by atoms with Crippen LogP contribution < -0.4 is 10.6 Å². The second-order valence-electron chi connectivity index (χ2n) is 4.34. The summed E-state index contributed by atoms with van der Waals surface area (Å²) in [6.07, 6.45) is 6.29. The van der Waals surface area contributed by atoms with E-state index in [-0.39, 0.29) is 18.4 Å². The number of nitriles is 1. The Hall–Kier alpha value is -1.08. The number of carbonyl (C=O) groups excluding carboxylic acids is 1. The van der Waals surface area contributed by atoms with E-state index >= 15 is 0 Å². The monoisotopic (exact) mass is 223 g/mol. The van der Waals surface area contributed by atoms with Crippen LogP contribution in [0.15, 0.2) is 0 Å². The van der Waals surface area contributed by atoms with Crippen molar-refractivity contribution in [1.82, 2.24) is 10.6 Å². The fourth-order valence-corrected chi connectivity index (χ4v) is 2.15. The third-order valence-electron chi connectivity index (χ3n) is 2.96. The van der Waals surface area contributed by atoms with E-state index in [9.17, 15) is 4.79 Å². The Morgan fingerprint density at radius 1 is 1.44 bits per heavy atom. The average Bonchev–Trinajstić information content (AvgIpc) is 2.30. The molecule has 16 heavy (non-hydrogen) atoms.